The Morgan fingerprint density at radius 2 is 1.93 bits per heavy atom. The van der Waals surface area contributed by atoms with E-state index in [4.69, 9.17) is 38.4 Å². The molecule has 1 rings (SSSR count). The zero-order valence-electron chi connectivity index (χ0n) is 8.21. The van der Waals surface area contributed by atoms with Crippen molar-refractivity contribution in [3.8, 4) is 5.75 Å². The standard InChI is InChI=1S/C10H13Cl2NO2/c11-8-2-1-3-9(10(8)12)15-7-6-14-5-4-13/h1-3H,4-7,13H2. The van der Waals surface area contributed by atoms with Crippen LogP contribution in [-0.4, -0.2) is 26.4 Å². The van der Waals surface area contributed by atoms with Crippen LogP contribution in [0.4, 0.5) is 0 Å². The molecule has 0 saturated carbocycles. The van der Waals surface area contributed by atoms with Gasteiger partial charge in [0.05, 0.1) is 18.2 Å². The fourth-order valence-electron chi connectivity index (χ4n) is 0.991. The minimum atomic E-state index is 0.429. The van der Waals surface area contributed by atoms with E-state index in [1.165, 1.54) is 0 Å². The molecule has 0 unspecified atom stereocenters. The van der Waals surface area contributed by atoms with Crippen LogP contribution in [0.25, 0.3) is 0 Å². The van der Waals surface area contributed by atoms with Gasteiger partial charge in [-0.15, -0.1) is 0 Å². The quantitative estimate of drug-likeness (QED) is 0.788. The van der Waals surface area contributed by atoms with Crippen molar-refractivity contribution >= 4 is 23.2 Å². The van der Waals surface area contributed by atoms with Gasteiger partial charge in [0.25, 0.3) is 0 Å². The first-order valence-electron chi connectivity index (χ1n) is 4.60. The second-order valence-corrected chi connectivity index (χ2v) is 3.59. The molecule has 0 fully saturated rings. The van der Waals surface area contributed by atoms with Gasteiger partial charge in [0.1, 0.15) is 17.4 Å². The van der Waals surface area contributed by atoms with Gasteiger partial charge in [0, 0.05) is 6.54 Å². The first-order chi connectivity index (χ1) is 7.25. The first kappa shape index (κ1) is 12.6. The summed E-state index contributed by atoms with van der Waals surface area (Å²) in [5.74, 6) is 0.570. The van der Waals surface area contributed by atoms with E-state index in [0.717, 1.165) is 0 Å². The number of rotatable bonds is 6. The van der Waals surface area contributed by atoms with E-state index in [1.54, 1.807) is 18.2 Å². The Morgan fingerprint density at radius 3 is 2.67 bits per heavy atom. The summed E-state index contributed by atoms with van der Waals surface area (Å²) in [6, 6.07) is 5.25. The molecule has 15 heavy (non-hydrogen) atoms. The summed E-state index contributed by atoms with van der Waals surface area (Å²) in [5.41, 5.74) is 5.26. The molecular weight excluding hydrogens is 237 g/mol. The summed E-state index contributed by atoms with van der Waals surface area (Å²) in [5, 5.41) is 0.912. The number of hydrogen-bond acceptors (Lipinski definition) is 3. The molecule has 0 saturated heterocycles. The number of ether oxygens (including phenoxy) is 2. The van der Waals surface area contributed by atoms with Gasteiger partial charge in [0.15, 0.2) is 0 Å². The third kappa shape index (κ3) is 4.26. The molecule has 2 N–H and O–H groups in total. The SMILES string of the molecule is NCCOCCOc1cccc(Cl)c1Cl. The number of benzene rings is 1. The Labute approximate surface area is 99.1 Å². The predicted molar refractivity (Wildman–Crippen MR) is 61.8 cm³/mol. The van der Waals surface area contributed by atoms with Gasteiger partial charge in [-0.1, -0.05) is 29.3 Å². The van der Waals surface area contributed by atoms with Crippen molar-refractivity contribution in [2.75, 3.05) is 26.4 Å². The van der Waals surface area contributed by atoms with E-state index in [9.17, 15) is 0 Å². The molecule has 5 heteroatoms. The third-order valence-electron chi connectivity index (χ3n) is 1.66. The fourth-order valence-corrected chi connectivity index (χ4v) is 1.34. The van der Waals surface area contributed by atoms with Gasteiger partial charge in [-0.25, -0.2) is 0 Å². The van der Waals surface area contributed by atoms with Gasteiger partial charge in [-0.3, -0.25) is 0 Å². The fraction of sp³-hybridized carbons (Fsp3) is 0.400. The molecule has 0 aromatic heterocycles. The maximum Gasteiger partial charge on any atom is 0.139 e. The largest absolute Gasteiger partial charge is 0.490 e. The Kier molecular flexibility index (Phi) is 5.79. The van der Waals surface area contributed by atoms with Crippen LogP contribution < -0.4 is 10.5 Å². The van der Waals surface area contributed by atoms with E-state index < -0.39 is 0 Å². The summed E-state index contributed by atoms with van der Waals surface area (Å²) in [6.45, 7) is 1.96. The Morgan fingerprint density at radius 1 is 1.13 bits per heavy atom. The summed E-state index contributed by atoms with van der Waals surface area (Å²) in [7, 11) is 0. The highest BCUT2D eigenvalue weighted by Crippen LogP contribution is 2.31. The molecule has 0 aliphatic heterocycles. The average Bonchev–Trinajstić information content (AvgIpc) is 2.24. The van der Waals surface area contributed by atoms with Crippen LogP contribution in [0.3, 0.4) is 0 Å². The Bertz CT molecular complexity index is 307. The molecule has 0 aliphatic rings. The van der Waals surface area contributed by atoms with Gasteiger partial charge >= 0.3 is 0 Å². The summed E-state index contributed by atoms with van der Waals surface area (Å²) >= 11 is 11.7. The second kappa shape index (κ2) is 6.90. The summed E-state index contributed by atoms with van der Waals surface area (Å²) in [6.07, 6.45) is 0. The number of hydrogen-bond donors (Lipinski definition) is 1. The van der Waals surface area contributed by atoms with E-state index in [1.807, 2.05) is 0 Å². The van der Waals surface area contributed by atoms with Crippen molar-refractivity contribution < 1.29 is 9.47 Å². The van der Waals surface area contributed by atoms with Crippen molar-refractivity contribution in [2.24, 2.45) is 5.73 Å². The number of nitrogens with two attached hydrogens (primary N) is 1. The molecule has 84 valence electrons. The lowest BCUT2D eigenvalue weighted by Gasteiger charge is -2.08. The molecule has 0 spiro atoms. The molecule has 0 radical (unpaired) electrons. The van der Waals surface area contributed by atoms with Gasteiger partial charge in [0.2, 0.25) is 0 Å². The van der Waals surface area contributed by atoms with Crippen molar-refractivity contribution in [3.63, 3.8) is 0 Å². The molecule has 0 heterocycles. The lowest BCUT2D eigenvalue weighted by molar-refractivity contribution is 0.106. The van der Waals surface area contributed by atoms with Crippen LogP contribution in [0.2, 0.25) is 10.0 Å². The lowest BCUT2D eigenvalue weighted by Crippen LogP contribution is -2.13. The molecule has 1 aromatic carbocycles. The monoisotopic (exact) mass is 249 g/mol. The van der Waals surface area contributed by atoms with Gasteiger partial charge in [-0.2, -0.15) is 0 Å². The van der Waals surface area contributed by atoms with Crippen LogP contribution in [-0.2, 0) is 4.74 Å². The molecule has 0 atom stereocenters. The smallest absolute Gasteiger partial charge is 0.139 e. The van der Waals surface area contributed by atoms with Crippen LogP contribution in [0.5, 0.6) is 5.75 Å². The molecule has 0 amide bonds. The summed E-state index contributed by atoms with van der Waals surface area (Å²) in [4.78, 5) is 0. The van der Waals surface area contributed by atoms with Gasteiger partial charge in [-0.05, 0) is 12.1 Å². The Hall–Kier alpha value is -0.480. The normalized spacial score (nSPS) is 10.3. The topological polar surface area (TPSA) is 44.5 Å². The summed E-state index contributed by atoms with van der Waals surface area (Å²) < 4.78 is 10.5. The van der Waals surface area contributed by atoms with Crippen molar-refractivity contribution in [1.82, 2.24) is 0 Å². The lowest BCUT2D eigenvalue weighted by atomic mass is 10.3. The van der Waals surface area contributed by atoms with Crippen molar-refractivity contribution in [3.05, 3.63) is 28.2 Å². The van der Waals surface area contributed by atoms with E-state index in [0.29, 0.717) is 42.2 Å². The predicted octanol–water partition coefficient (Wildman–Crippen LogP) is 2.35. The Balaban J connectivity index is 2.34. The highest BCUT2D eigenvalue weighted by Gasteiger charge is 2.04. The maximum absolute atomic E-state index is 5.92. The minimum absolute atomic E-state index is 0.429. The van der Waals surface area contributed by atoms with Crippen LogP contribution in [0, 0.1) is 0 Å². The van der Waals surface area contributed by atoms with E-state index in [2.05, 4.69) is 0 Å². The first-order valence-corrected chi connectivity index (χ1v) is 5.36. The highest BCUT2D eigenvalue weighted by atomic mass is 35.5. The zero-order valence-corrected chi connectivity index (χ0v) is 9.72. The average molecular weight is 250 g/mol. The van der Waals surface area contributed by atoms with Gasteiger partial charge < -0.3 is 15.2 Å². The molecular formula is C10H13Cl2NO2. The van der Waals surface area contributed by atoms with Crippen LogP contribution in [0.1, 0.15) is 0 Å². The zero-order chi connectivity index (χ0) is 11.1. The molecule has 1 aromatic rings. The van der Waals surface area contributed by atoms with Crippen LogP contribution in [0.15, 0.2) is 18.2 Å². The minimum Gasteiger partial charge on any atom is -0.490 e. The van der Waals surface area contributed by atoms with Crippen molar-refractivity contribution in [1.29, 1.82) is 0 Å². The maximum atomic E-state index is 5.92. The van der Waals surface area contributed by atoms with E-state index in [-0.39, 0.29) is 0 Å². The van der Waals surface area contributed by atoms with E-state index >= 15 is 0 Å². The molecule has 0 aliphatic carbocycles. The van der Waals surface area contributed by atoms with Crippen LogP contribution >= 0.6 is 23.2 Å². The highest BCUT2D eigenvalue weighted by molar-refractivity contribution is 6.42. The second-order valence-electron chi connectivity index (χ2n) is 2.80. The molecule has 0 bridgehead atoms. The third-order valence-corrected chi connectivity index (χ3v) is 2.47. The van der Waals surface area contributed by atoms with Crippen molar-refractivity contribution in [2.45, 2.75) is 0 Å². The number of halogens is 2. The molecule has 3 nitrogen and oxygen atoms in total.